The van der Waals surface area contributed by atoms with Crippen LogP contribution >= 0.6 is 0 Å². The Morgan fingerprint density at radius 1 is 1.33 bits per heavy atom. The van der Waals surface area contributed by atoms with E-state index in [4.69, 9.17) is 5.73 Å². The minimum atomic E-state index is 0.0293. The number of nitrogens with one attached hydrogen (secondary N) is 1. The molecule has 1 aromatic rings. The summed E-state index contributed by atoms with van der Waals surface area (Å²) in [5.41, 5.74) is 6.69. The number of hydrogen-bond donors (Lipinski definition) is 2. The Hall–Kier alpha value is -1.52. The van der Waals surface area contributed by atoms with Gasteiger partial charge in [-0.3, -0.25) is 9.89 Å². The predicted octanol–water partition coefficient (Wildman–Crippen LogP) is 1.79. The summed E-state index contributed by atoms with van der Waals surface area (Å²) in [5, 5.41) is 6.58. The summed E-state index contributed by atoms with van der Waals surface area (Å²) >= 11 is 0. The second-order valence-electron chi connectivity index (χ2n) is 5.45. The topological polar surface area (TPSA) is 75.0 Å². The van der Waals surface area contributed by atoms with Crippen molar-refractivity contribution in [2.75, 3.05) is 12.3 Å². The molecular weight excluding hydrogens is 228 g/mol. The lowest BCUT2D eigenvalue weighted by Crippen LogP contribution is -2.49. The van der Waals surface area contributed by atoms with E-state index in [-0.39, 0.29) is 5.91 Å². The first-order valence-electron chi connectivity index (χ1n) is 6.87. The Morgan fingerprint density at radius 3 is 2.89 bits per heavy atom. The lowest BCUT2D eigenvalue weighted by molar-refractivity contribution is 0.0386. The van der Waals surface area contributed by atoms with Gasteiger partial charge in [0.25, 0.3) is 5.91 Å². The molecule has 18 heavy (non-hydrogen) atoms. The minimum Gasteiger partial charge on any atom is -0.396 e. The van der Waals surface area contributed by atoms with Gasteiger partial charge < -0.3 is 10.6 Å². The molecule has 3 rings (SSSR count). The zero-order chi connectivity index (χ0) is 12.5. The molecule has 2 aliphatic rings. The zero-order valence-electron chi connectivity index (χ0n) is 10.6. The average molecular weight is 248 g/mol. The van der Waals surface area contributed by atoms with E-state index in [1.54, 1.807) is 0 Å². The molecule has 0 spiro atoms. The Balaban J connectivity index is 1.82. The number of nitrogen functional groups attached to an aromatic ring is 1. The number of H-pyrrole nitrogens is 1. The molecule has 0 unspecified atom stereocenters. The summed E-state index contributed by atoms with van der Waals surface area (Å²) in [7, 11) is 0. The van der Waals surface area contributed by atoms with Crippen LogP contribution in [0.25, 0.3) is 0 Å². The Kier molecular flexibility index (Phi) is 2.97. The van der Waals surface area contributed by atoms with Crippen molar-refractivity contribution in [2.24, 2.45) is 5.92 Å². The Morgan fingerprint density at radius 2 is 2.11 bits per heavy atom. The van der Waals surface area contributed by atoms with Crippen LogP contribution in [-0.2, 0) is 0 Å². The van der Waals surface area contributed by atoms with Gasteiger partial charge in [0.1, 0.15) is 5.69 Å². The summed E-state index contributed by atoms with van der Waals surface area (Å²) in [5.74, 6) is 0.724. The fourth-order valence-electron chi connectivity index (χ4n) is 3.49. The van der Waals surface area contributed by atoms with Crippen LogP contribution in [0.1, 0.15) is 49.0 Å². The van der Waals surface area contributed by atoms with Crippen molar-refractivity contribution in [1.29, 1.82) is 0 Å². The highest BCUT2D eigenvalue weighted by Crippen LogP contribution is 2.36. The molecule has 2 heterocycles. The van der Waals surface area contributed by atoms with Crippen molar-refractivity contribution in [3.05, 3.63) is 11.9 Å². The normalized spacial score (nSPS) is 27.9. The van der Waals surface area contributed by atoms with Crippen molar-refractivity contribution in [1.82, 2.24) is 15.1 Å². The molecule has 1 aromatic heterocycles. The van der Waals surface area contributed by atoms with Crippen LogP contribution in [0, 0.1) is 5.92 Å². The summed E-state index contributed by atoms with van der Waals surface area (Å²) in [4.78, 5) is 14.5. The zero-order valence-corrected chi connectivity index (χ0v) is 10.6. The van der Waals surface area contributed by atoms with E-state index in [2.05, 4.69) is 10.2 Å². The van der Waals surface area contributed by atoms with Gasteiger partial charge in [-0.05, 0) is 31.6 Å². The summed E-state index contributed by atoms with van der Waals surface area (Å²) in [6, 6.07) is 0.419. The molecule has 1 saturated heterocycles. The van der Waals surface area contributed by atoms with E-state index in [0.717, 1.165) is 19.4 Å². The third-order valence-electron chi connectivity index (χ3n) is 4.39. The van der Waals surface area contributed by atoms with Crippen LogP contribution in [0.4, 0.5) is 5.69 Å². The molecule has 2 fully saturated rings. The largest absolute Gasteiger partial charge is 0.396 e. The fourth-order valence-corrected chi connectivity index (χ4v) is 3.49. The Labute approximate surface area is 107 Å². The summed E-state index contributed by atoms with van der Waals surface area (Å²) in [6.07, 6.45) is 8.86. The molecule has 1 aliphatic carbocycles. The number of amides is 1. The molecule has 3 N–H and O–H groups in total. The first-order valence-corrected chi connectivity index (χ1v) is 6.87. The number of carbonyl (C=O) groups is 1. The molecule has 0 bridgehead atoms. The van der Waals surface area contributed by atoms with Gasteiger partial charge >= 0.3 is 0 Å². The van der Waals surface area contributed by atoms with Crippen LogP contribution in [0.3, 0.4) is 0 Å². The molecule has 2 atom stereocenters. The van der Waals surface area contributed by atoms with E-state index in [9.17, 15) is 4.79 Å². The minimum absolute atomic E-state index is 0.0293. The molecule has 1 amide bonds. The van der Waals surface area contributed by atoms with Crippen molar-refractivity contribution < 1.29 is 4.79 Å². The maximum Gasteiger partial charge on any atom is 0.274 e. The number of anilines is 1. The first kappa shape index (κ1) is 11.6. The van der Waals surface area contributed by atoms with E-state index >= 15 is 0 Å². The Bertz CT molecular complexity index is 440. The van der Waals surface area contributed by atoms with Gasteiger partial charge in [-0.25, -0.2) is 0 Å². The third kappa shape index (κ3) is 1.87. The number of nitrogens with two attached hydrogens (primary N) is 1. The first-order chi connectivity index (χ1) is 8.77. The van der Waals surface area contributed by atoms with Gasteiger partial charge in [0.15, 0.2) is 0 Å². The number of nitrogens with zero attached hydrogens (tertiary/aromatic N) is 2. The molecule has 5 heteroatoms. The van der Waals surface area contributed by atoms with Crippen LogP contribution < -0.4 is 5.73 Å². The van der Waals surface area contributed by atoms with Gasteiger partial charge in [0.2, 0.25) is 0 Å². The summed E-state index contributed by atoms with van der Waals surface area (Å²) in [6.45, 7) is 0.860. The highest BCUT2D eigenvalue weighted by atomic mass is 16.2. The number of piperidine rings is 1. The van der Waals surface area contributed by atoms with E-state index in [1.807, 2.05) is 4.90 Å². The molecular formula is C13H20N4O. The molecule has 5 nitrogen and oxygen atoms in total. The molecule has 1 saturated carbocycles. The number of likely N-dealkylation sites (tertiary alicyclic amines) is 1. The van der Waals surface area contributed by atoms with Crippen molar-refractivity contribution in [3.63, 3.8) is 0 Å². The summed E-state index contributed by atoms with van der Waals surface area (Å²) < 4.78 is 0. The standard InChI is InChI=1S/C13H20N4O/c14-10-8-15-16-12(10)13(18)17-7-3-5-9-4-1-2-6-11(9)17/h8-9,11H,1-7,14H2,(H,15,16)/t9-,11-/m1/s1. The maximum atomic E-state index is 12.5. The highest BCUT2D eigenvalue weighted by Gasteiger charge is 2.36. The quantitative estimate of drug-likeness (QED) is 0.795. The lowest BCUT2D eigenvalue weighted by Gasteiger charge is -2.44. The van der Waals surface area contributed by atoms with Crippen molar-refractivity contribution >= 4 is 11.6 Å². The molecule has 1 aliphatic heterocycles. The number of aromatic nitrogens is 2. The van der Waals surface area contributed by atoms with Crippen LogP contribution in [-0.4, -0.2) is 33.6 Å². The van der Waals surface area contributed by atoms with Gasteiger partial charge in [0.05, 0.1) is 11.9 Å². The second-order valence-corrected chi connectivity index (χ2v) is 5.45. The fraction of sp³-hybridized carbons (Fsp3) is 0.692. The molecule has 0 radical (unpaired) electrons. The average Bonchev–Trinajstić information content (AvgIpc) is 2.83. The third-order valence-corrected chi connectivity index (χ3v) is 4.39. The SMILES string of the molecule is Nc1cn[nH]c1C(=O)N1CCC[C@H]2CCCC[C@H]21. The highest BCUT2D eigenvalue weighted by molar-refractivity contribution is 5.97. The number of carbonyl (C=O) groups excluding carboxylic acids is 1. The maximum absolute atomic E-state index is 12.5. The number of fused-ring (bicyclic) bond motifs is 1. The lowest BCUT2D eigenvalue weighted by atomic mass is 9.78. The van der Waals surface area contributed by atoms with E-state index in [0.29, 0.717) is 23.3 Å². The predicted molar refractivity (Wildman–Crippen MR) is 69.0 cm³/mol. The molecule has 98 valence electrons. The van der Waals surface area contributed by atoms with Crippen LogP contribution in [0.15, 0.2) is 6.20 Å². The number of rotatable bonds is 1. The monoisotopic (exact) mass is 248 g/mol. The van der Waals surface area contributed by atoms with Gasteiger partial charge in [-0.15, -0.1) is 0 Å². The van der Waals surface area contributed by atoms with Crippen LogP contribution in [0.5, 0.6) is 0 Å². The smallest absolute Gasteiger partial charge is 0.274 e. The van der Waals surface area contributed by atoms with E-state index < -0.39 is 0 Å². The number of hydrogen-bond acceptors (Lipinski definition) is 3. The van der Waals surface area contributed by atoms with E-state index in [1.165, 1.54) is 31.9 Å². The molecule has 0 aromatic carbocycles. The second kappa shape index (κ2) is 4.63. The van der Waals surface area contributed by atoms with Crippen molar-refractivity contribution in [2.45, 2.75) is 44.6 Å². The number of aromatic amines is 1. The van der Waals surface area contributed by atoms with Gasteiger partial charge in [0, 0.05) is 12.6 Å². The van der Waals surface area contributed by atoms with Crippen molar-refractivity contribution in [3.8, 4) is 0 Å². The van der Waals surface area contributed by atoms with Gasteiger partial charge in [-0.2, -0.15) is 5.10 Å². The van der Waals surface area contributed by atoms with Crippen LogP contribution in [0.2, 0.25) is 0 Å². The van der Waals surface area contributed by atoms with Gasteiger partial charge in [-0.1, -0.05) is 12.8 Å².